The SMILES string of the molecule is CCC[C@@H](NC(=O)c1cc(F)cc([N+](=O)[O-])c1F)C(=O)O. The van der Waals surface area contributed by atoms with Crippen LogP contribution in [0, 0.1) is 21.7 Å². The molecule has 0 unspecified atom stereocenters. The third kappa shape index (κ3) is 3.94. The number of nitro groups is 1. The number of halogens is 2. The fraction of sp³-hybridized carbons (Fsp3) is 0.333. The Hall–Kier alpha value is -2.58. The number of benzene rings is 1. The van der Waals surface area contributed by atoms with E-state index in [-0.39, 0.29) is 6.42 Å². The highest BCUT2D eigenvalue weighted by atomic mass is 19.1. The van der Waals surface area contributed by atoms with Crippen LogP contribution in [0.3, 0.4) is 0 Å². The number of nitrogens with one attached hydrogen (secondary N) is 1. The zero-order valence-corrected chi connectivity index (χ0v) is 10.9. The van der Waals surface area contributed by atoms with Gasteiger partial charge in [-0.25, -0.2) is 9.18 Å². The first-order valence-corrected chi connectivity index (χ1v) is 5.95. The smallest absolute Gasteiger partial charge is 0.326 e. The van der Waals surface area contributed by atoms with Crippen molar-refractivity contribution in [2.24, 2.45) is 0 Å². The normalized spacial score (nSPS) is 11.8. The number of hydrogen-bond donors (Lipinski definition) is 2. The maximum Gasteiger partial charge on any atom is 0.326 e. The van der Waals surface area contributed by atoms with Gasteiger partial charge in [0.15, 0.2) is 0 Å². The second-order valence-electron chi connectivity index (χ2n) is 4.20. The highest BCUT2D eigenvalue weighted by Gasteiger charge is 2.27. The molecule has 1 aromatic carbocycles. The molecule has 0 aromatic heterocycles. The molecule has 0 saturated heterocycles. The summed E-state index contributed by atoms with van der Waals surface area (Å²) < 4.78 is 27.0. The lowest BCUT2D eigenvalue weighted by molar-refractivity contribution is -0.387. The first-order valence-electron chi connectivity index (χ1n) is 5.95. The van der Waals surface area contributed by atoms with E-state index in [1.807, 2.05) is 5.32 Å². The highest BCUT2D eigenvalue weighted by Crippen LogP contribution is 2.22. The predicted octanol–water partition coefficient (Wildman–Crippen LogP) is 1.86. The number of carboxylic acid groups (broad SMARTS) is 1. The fourth-order valence-electron chi connectivity index (χ4n) is 1.65. The van der Waals surface area contributed by atoms with Crippen LogP contribution < -0.4 is 5.32 Å². The van der Waals surface area contributed by atoms with Crippen molar-refractivity contribution in [2.75, 3.05) is 0 Å². The first kappa shape index (κ1) is 16.5. The molecular weight excluding hydrogens is 290 g/mol. The number of nitro benzene ring substituents is 1. The second-order valence-corrected chi connectivity index (χ2v) is 4.20. The summed E-state index contributed by atoms with van der Waals surface area (Å²) in [7, 11) is 0. The molecule has 21 heavy (non-hydrogen) atoms. The summed E-state index contributed by atoms with van der Waals surface area (Å²) in [6.45, 7) is 1.68. The third-order valence-corrected chi connectivity index (χ3v) is 2.64. The maximum atomic E-state index is 13.8. The molecule has 7 nitrogen and oxygen atoms in total. The van der Waals surface area contributed by atoms with E-state index in [0.29, 0.717) is 18.6 Å². The third-order valence-electron chi connectivity index (χ3n) is 2.64. The molecule has 0 saturated carbocycles. The predicted molar refractivity (Wildman–Crippen MR) is 66.8 cm³/mol. The molecule has 1 atom stereocenters. The zero-order chi connectivity index (χ0) is 16.2. The summed E-state index contributed by atoms with van der Waals surface area (Å²) in [6, 6.07) is -0.473. The average molecular weight is 302 g/mol. The summed E-state index contributed by atoms with van der Waals surface area (Å²) in [6.07, 6.45) is 0.517. The molecule has 1 rings (SSSR count). The molecule has 0 aliphatic carbocycles. The van der Waals surface area contributed by atoms with Gasteiger partial charge in [-0.3, -0.25) is 14.9 Å². The van der Waals surface area contributed by atoms with Crippen LogP contribution in [0.4, 0.5) is 14.5 Å². The van der Waals surface area contributed by atoms with Gasteiger partial charge >= 0.3 is 11.7 Å². The van der Waals surface area contributed by atoms with Crippen molar-refractivity contribution < 1.29 is 28.4 Å². The molecule has 0 aliphatic rings. The number of hydrogen-bond acceptors (Lipinski definition) is 4. The monoisotopic (exact) mass is 302 g/mol. The van der Waals surface area contributed by atoms with Gasteiger partial charge in [0.1, 0.15) is 11.9 Å². The minimum Gasteiger partial charge on any atom is -0.480 e. The van der Waals surface area contributed by atoms with Gasteiger partial charge in [0.25, 0.3) is 5.91 Å². The molecule has 0 bridgehead atoms. The number of amides is 1. The summed E-state index contributed by atoms with van der Waals surface area (Å²) in [4.78, 5) is 32.1. The molecule has 0 aliphatic heterocycles. The minimum absolute atomic E-state index is 0.0834. The number of carbonyl (C=O) groups excluding carboxylic acids is 1. The van der Waals surface area contributed by atoms with Gasteiger partial charge in [-0.1, -0.05) is 13.3 Å². The van der Waals surface area contributed by atoms with Crippen LogP contribution in [-0.4, -0.2) is 27.9 Å². The standard InChI is InChI=1S/C12H12F2N2O5/c1-2-3-8(12(18)19)15-11(17)7-4-6(13)5-9(10(7)14)16(20)21/h4-5,8H,2-3H2,1H3,(H,15,17)(H,18,19)/t8-/m1/s1. The van der Waals surface area contributed by atoms with Crippen molar-refractivity contribution in [1.82, 2.24) is 5.32 Å². The molecule has 1 amide bonds. The van der Waals surface area contributed by atoms with Crippen molar-refractivity contribution >= 4 is 17.6 Å². The summed E-state index contributed by atoms with van der Waals surface area (Å²) >= 11 is 0. The Morgan fingerprint density at radius 2 is 2.05 bits per heavy atom. The molecular formula is C12H12F2N2O5. The first-order chi connectivity index (χ1) is 9.77. The summed E-state index contributed by atoms with van der Waals surface area (Å²) in [5.41, 5.74) is -2.11. The van der Waals surface area contributed by atoms with Crippen LogP contribution in [0.2, 0.25) is 0 Å². The topological polar surface area (TPSA) is 110 Å². The van der Waals surface area contributed by atoms with Crippen LogP contribution >= 0.6 is 0 Å². The number of carbonyl (C=O) groups is 2. The number of aliphatic carboxylic acids is 1. The Bertz CT molecular complexity index is 591. The molecule has 2 N–H and O–H groups in total. The van der Waals surface area contributed by atoms with E-state index in [1.54, 1.807) is 6.92 Å². The van der Waals surface area contributed by atoms with E-state index in [9.17, 15) is 28.5 Å². The van der Waals surface area contributed by atoms with Crippen LogP contribution in [0.1, 0.15) is 30.1 Å². The Kier molecular flexibility index (Phi) is 5.28. The highest BCUT2D eigenvalue weighted by molar-refractivity contribution is 5.97. The lowest BCUT2D eigenvalue weighted by Crippen LogP contribution is -2.41. The molecule has 9 heteroatoms. The molecule has 0 heterocycles. The summed E-state index contributed by atoms with van der Waals surface area (Å²) in [5.74, 6) is -5.25. The Balaban J connectivity index is 3.12. The lowest BCUT2D eigenvalue weighted by Gasteiger charge is -2.13. The van der Waals surface area contributed by atoms with Crippen LogP contribution in [-0.2, 0) is 4.79 Å². The summed E-state index contributed by atoms with van der Waals surface area (Å²) in [5, 5.41) is 21.4. The van der Waals surface area contributed by atoms with E-state index in [1.165, 1.54) is 0 Å². The Morgan fingerprint density at radius 3 is 2.52 bits per heavy atom. The Morgan fingerprint density at radius 1 is 1.43 bits per heavy atom. The largest absolute Gasteiger partial charge is 0.480 e. The van der Waals surface area contributed by atoms with E-state index >= 15 is 0 Å². The maximum absolute atomic E-state index is 13.8. The fourth-order valence-corrected chi connectivity index (χ4v) is 1.65. The molecule has 0 spiro atoms. The second kappa shape index (κ2) is 6.73. The van der Waals surface area contributed by atoms with Crippen LogP contribution in [0.5, 0.6) is 0 Å². The van der Waals surface area contributed by atoms with Crippen molar-refractivity contribution in [2.45, 2.75) is 25.8 Å². The molecule has 114 valence electrons. The Labute approximate surface area is 117 Å². The number of carboxylic acids is 1. The van der Waals surface area contributed by atoms with Crippen molar-refractivity contribution in [3.05, 3.63) is 39.4 Å². The van der Waals surface area contributed by atoms with E-state index < -0.39 is 45.7 Å². The van der Waals surface area contributed by atoms with Gasteiger partial charge in [0, 0.05) is 0 Å². The molecule has 1 aromatic rings. The quantitative estimate of drug-likeness (QED) is 0.615. The van der Waals surface area contributed by atoms with Crippen molar-refractivity contribution in [1.29, 1.82) is 0 Å². The van der Waals surface area contributed by atoms with Gasteiger partial charge in [-0.15, -0.1) is 0 Å². The van der Waals surface area contributed by atoms with E-state index in [2.05, 4.69) is 0 Å². The molecule has 0 fully saturated rings. The molecule has 0 radical (unpaired) electrons. The average Bonchev–Trinajstić information content (AvgIpc) is 2.39. The van der Waals surface area contributed by atoms with Crippen LogP contribution in [0.25, 0.3) is 0 Å². The van der Waals surface area contributed by atoms with Gasteiger partial charge in [0.05, 0.1) is 16.6 Å². The van der Waals surface area contributed by atoms with E-state index in [4.69, 9.17) is 5.11 Å². The van der Waals surface area contributed by atoms with Gasteiger partial charge in [-0.2, -0.15) is 4.39 Å². The van der Waals surface area contributed by atoms with Gasteiger partial charge in [0.2, 0.25) is 5.82 Å². The number of nitrogens with zero attached hydrogens (tertiary/aromatic N) is 1. The lowest BCUT2D eigenvalue weighted by atomic mass is 10.1. The van der Waals surface area contributed by atoms with Crippen molar-refractivity contribution in [3.63, 3.8) is 0 Å². The van der Waals surface area contributed by atoms with Gasteiger partial charge in [-0.05, 0) is 12.5 Å². The zero-order valence-electron chi connectivity index (χ0n) is 10.9. The van der Waals surface area contributed by atoms with E-state index in [0.717, 1.165) is 0 Å². The van der Waals surface area contributed by atoms with Gasteiger partial charge < -0.3 is 10.4 Å². The van der Waals surface area contributed by atoms with Crippen molar-refractivity contribution in [3.8, 4) is 0 Å². The number of rotatable bonds is 6. The minimum atomic E-state index is -1.51. The van der Waals surface area contributed by atoms with Crippen LogP contribution in [0.15, 0.2) is 12.1 Å².